The lowest BCUT2D eigenvalue weighted by Crippen LogP contribution is -2.52. The van der Waals surface area contributed by atoms with Crippen molar-refractivity contribution in [1.29, 1.82) is 0 Å². The number of piperazine rings is 1. The zero-order chi connectivity index (χ0) is 25.2. The average molecular weight is 506 g/mol. The molecule has 1 aliphatic heterocycles. The molecule has 36 heavy (non-hydrogen) atoms. The first kappa shape index (κ1) is 23.7. The molecule has 1 saturated heterocycles. The van der Waals surface area contributed by atoms with Gasteiger partial charge >= 0.3 is 0 Å². The van der Waals surface area contributed by atoms with E-state index in [1.165, 1.54) is 18.4 Å². The summed E-state index contributed by atoms with van der Waals surface area (Å²) in [7, 11) is 0. The van der Waals surface area contributed by atoms with Crippen LogP contribution in [0.1, 0.15) is 17.3 Å². The summed E-state index contributed by atoms with van der Waals surface area (Å²) in [5.41, 5.74) is 2.45. The highest BCUT2D eigenvalue weighted by Gasteiger charge is 2.25. The molecule has 0 saturated carbocycles. The minimum Gasteiger partial charge on any atom is -0.366 e. The molecule has 3 heterocycles. The minimum absolute atomic E-state index is 0.200. The Morgan fingerprint density at radius 2 is 1.89 bits per heavy atom. The molecule has 0 unspecified atom stereocenters. The monoisotopic (exact) mass is 505 g/mol. The van der Waals surface area contributed by atoms with Crippen molar-refractivity contribution in [2.24, 2.45) is 0 Å². The van der Waals surface area contributed by atoms with Gasteiger partial charge in [0.1, 0.15) is 23.3 Å². The fraction of sp³-hybridized carbons (Fsp3) is 0.231. The Labute approximate surface area is 211 Å². The van der Waals surface area contributed by atoms with Gasteiger partial charge in [-0.05, 0) is 31.3 Å². The van der Waals surface area contributed by atoms with E-state index in [2.05, 4.69) is 10.5 Å². The van der Waals surface area contributed by atoms with Gasteiger partial charge in [0.25, 0.3) is 5.91 Å². The molecule has 184 valence electrons. The van der Waals surface area contributed by atoms with Crippen molar-refractivity contribution in [3.05, 3.63) is 82.6 Å². The number of fused-ring (bicyclic) bond motifs is 1. The van der Waals surface area contributed by atoms with Gasteiger partial charge in [0.2, 0.25) is 0 Å². The molecule has 8 nitrogen and oxygen atoms in total. The van der Waals surface area contributed by atoms with Crippen LogP contribution in [0.5, 0.6) is 0 Å². The highest BCUT2D eigenvalue weighted by molar-refractivity contribution is 7.80. The van der Waals surface area contributed by atoms with Gasteiger partial charge in [-0.3, -0.25) is 14.9 Å². The van der Waals surface area contributed by atoms with Gasteiger partial charge in [0, 0.05) is 55.9 Å². The molecule has 1 aliphatic rings. The zero-order valence-corrected chi connectivity index (χ0v) is 20.4. The molecule has 0 atom stereocenters. The van der Waals surface area contributed by atoms with Crippen molar-refractivity contribution in [3.8, 4) is 11.3 Å². The van der Waals surface area contributed by atoms with Gasteiger partial charge in [-0.25, -0.2) is 4.39 Å². The van der Waals surface area contributed by atoms with E-state index in [-0.39, 0.29) is 5.43 Å². The summed E-state index contributed by atoms with van der Waals surface area (Å²) >= 11 is 5.49. The van der Waals surface area contributed by atoms with E-state index in [0.29, 0.717) is 65.7 Å². The van der Waals surface area contributed by atoms with E-state index in [1.54, 1.807) is 12.3 Å². The largest absolute Gasteiger partial charge is 0.366 e. The predicted molar refractivity (Wildman–Crippen MR) is 140 cm³/mol. The molecule has 10 heteroatoms. The normalized spacial score (nSPS) is 13.7. The molecule has 1 amide bonds. The van der Waals surface area contributed by atoms with Crippen LogP contribution in [0.2, 0.25) is 0 Å². The molecule has 1 fully saturated rings. The second-order valence-electron chi connectivity index (χ2n) is 8.46. The number of hydrogen-bond acceptors (Lipinski definition) is 6. The van der Waals surface area contributed by atoms with Crippen LogP contribution in [0.4, 0.5) is 10.1 Å². The second kappa shape index (κ2) is 9.90. The van der Waals surface area contributed by atoms with Crippen LogP contribution in [0.25, 0.3) is 22.2 Å². The number of anilines is 1. The van der Waals surface area contributed by atoms with Gasteiger partial charge in [-0.2, -0.15) is 0 Å². The summed E-state index contributed by atoms with van der Waals surface area (Å²) in [4.78, 5) is 28.9. The Morgan fingerprint density at radius 3 is 2.61 bits per heavy atom. The van der Waals surface area contributed by atoms with Crippen LogP contribution in [0.3, 0.4) is 0 Å². The fourth-order valence-corrected chi connectivity index (χ4v) is 4.70. The number of hydrogen-bond donors (Lipinski definition) is 1. The molecule has 0 radical (unpaired) electrons. The van der Waals surface area contributed by atoms with E-state index in [9.17, 15) is 14.0 Å². The van der Waals surface area contributed by atoms with Gasteiger partial charge in [0.05, 0.1) is 11.2 Å². The summed E-state index contributed by atoms with van der Waals surface area (Å²) in [5.74, 6) is -0.834. The van der Waals surface area contributed by atoms with Crippen molar-refractivity contribution in [2.75, 3.05) is 31.1 Å². The van der Waals surface area contributed by atoms with Crippen molar-refractivity contribution < 1.29 is 13.7 Å². The van der Waals surface area contributed by atoms with Gasteiger partial charge < -0.3 is 18.9 Å². The second-order valence-corrected chi connectivity index (χ2v) is 8.85. The lowest BCUT2D eigenvalue weighted by atomic mass is 10.1. The first-order chi connectivity index (χ1) is 17.5. The third-order valence-electron chi connectivity index (χ3n) is 6.38. The Morgan fingerprint density at radius 1 is 1.14 bits per heavy atom. The van der Waals surface area contributed by atoms with E-state index in [1.807, 2.05) is 51.6 Å². The van der Waals surface area contributed by atoms with E-state index in [4.69, 9.17) is 16.7 Å². The highest BCUT2D eigenvalue weighted by Crippen LogP contribution is 2.26. The summed E-state index contributed by atoms with van der Waals surface area (Å²) in [5, 5.41) is 7.38. The van der Waals surface area contributed by atoms with Gasteiger partial charge in [-0.1, -0.05) is 35.5 Å². The van der Waals surface area contributed by atoms with Crippen molar-refractivity contribution >= 4 is 39.8 Å². The lowest BCUT2D eigenvalue weighted by molar-refractivity contribution is 0.0973. The lowest BCUT2D eigenvalue weighted by Gasteiger charge is -2.37. The number of amides is 1. The molecular weight excluding hydrogens is 481 g/mol. The molecule has 0 spiro atoms. The number of nitrogens with zero attached hydrogens (tertiary/aromatic N) is 4. The first-order valence-electron chi connectivity index (χ1n) is 11.6. The van der Waals surface area contributed by atoms with Crippen LogP contribution < -0.4 is 15.6 Å². The maximum absolute atomic E-state index is 15.0. The number of carbonyl (C=O) groups is 1. The quantitative estimate of drug-likeness (QED) is 0.424. The molecule has 2 aromatic carbocycles. The first-order valence-corrected chi connectivity index (χ1v) is 12.0. The number of nitrogens with one attached hydrogen (secondary N) is 1. The fourth-order valence-electron chi connectivity index (χ4n) is 4.43. The number of rotatable bonds is 4. The Bertz CT molecular complexity index is 1490. The third kappa shape index (κ3) is 4.47. The number of aryl methyl sites for hydroxylation is 1. The van der Waals surface area contributed by atoms with Crippen LogP contribution in [-0.2, 0) is 6.54 Å². The van der Waals surface area contributed by atoms with Crippen LogP contribution in [-0.4, -0.2) is 51.8 Å². The summed E-state index contributed by atoms with van der Waals surface area (Å²) in [6.07, 6.45) is 3.03. The maximum Gasteiger partial charge on any atom is 0.263 e. The van der Waals surface area contributed by atoms with Crippen molar-refractivity contribution in [1.82, 2.24) is 19.9 Å². The van der Waals surface area contributed by atoms with Crippen LogP contribution in [0, 0.1) is 5.82 Å². The molecule has 2 aromatic heterocycles. The number of pyridine rings is 1. The van der Waals surface area contributed by atoms with Crippen LogP contribution in [0.15, 0.2) is 70.3 Å². The Hall–Kier alpha value is -4.05. The van der Waals surface area contributed by atoms with Crippen molar-refractivity contribution in [2.45, 2.75) is 13.5 Å². The summed E-state index contributed by atoms with van der Waals surface area (Å²) in [6, 6.07) is 13.8. The minimum atomic E-state index is -0.432. The summed E-state index contributed by atoms with van der Waals surface area (Å²) in [6.45, 7) is 4.65. The maximum atomic E-state index is 15.0. The van der Waals surface area contributed by atoms with E-state index >= 15 is 0 Å². The number of halogens is 1. The number of thiocarbonyl (C=S) groups is 1. The number of benzene rings is 2. The van der Waals surface area contributed by atoms with Crippen molar-refractivity contribution in [3.63, 3.8) is 0 Å². The zero-order valence-electron chi connectivity index (χ0n) is 19.6. The Balaban J connectivity index is 1.27. The van der Waals surface area contributed by atoms with E-state index < -0.39 is 11.7 Å². The smallest absolute Gasteiger partial charge is 0.263 e. The molecule has 0 aliphatic carbocycles. The molecular formula is C26H24FN5O3S. The molecule has 5 rings (SSSR count). The average Bonchev–Trinajstić information content (AvgIpc) is 3.40. The number of aromatic nitrogens is 2. The van der Waals surface area contributed by atoms with Gasteiger partial charge in [-0.15, -0.1) is 0 Å². The standard InChI is InChI=1S/C26H24FN5O3S/c1-2-30-9-8-23(33)18-14-20(27)22(15-21(18)30)31-10-12-32(13-11-31)26(36)28-25(34)19-16-35-29-24(19)17-6-4-3-5-7-17/h3-9,14-16H,2,10-13H2,1H3,(H,28,34,36). The third-order valence-corrected chi connectivity index (χ3v) is 6.74. The topological polar surface area (TPSA) is 83.6 Å². The van der Waals surface area contributed by atoms with Crippen LogP contribution >= 0.6 is 12.2 Å². The van der Waals surface area contributed by atoms with E-state index in [0.717, 1.165) is 5.56 Å². The Kier molecular flexibility index (Phi) is 6.51. The predicted octanol–water partition coefficient (Wildman–Crippen LogP) is 3.65. The highest BCUT2D eigenvalue weighted by atomic mass is 32.1. The molecule has 0 bridgehead atoms. The van der Waals surface area contributed by atoms with Gasteiger partial charge in [0.15, 0.2) is 10.5 Å². The molecule has 4 aromatic rings. The SMILES string of the molecule is CCn1ccc(=O)c2cc(F)c(N3CCN(C(=S)NC(=O)c4conc4-c4ccccc4)CC3)cc21. The molecule has 1 N–H and O–H groups in total. The number of carbonyl (C=O) groups excluding carboxylic acids is 1. The summed E-state index contributed by atoms with van der Waals surface area (Å²) < 4.78 is 22.0.